The van der Waals surface area contributed by atoms with E-state index in [2.05, 4.69) is 10.4 Å². The Morgan fingerprint density at radius 2 is 2.38 bits per heavy atom. The molecule has 0 aliphatic carbocycles. The van der Waals surface area contributed by atoms with E-state index in [9.17, 15) is 4.79 Å². The third-order valence-corrected chi connectivity index (χ3v) is 3.64. The van der Waals surface area contributed by atoms with Crippen molar-refractivity contribution in [1.82, 2.24) is 15.1 Å². The van der Waals surface area contributed by atoms with Gasteiger partial charge < -0.3 is 10.1 Å². The number of rotatable bonds is 4. The van der Waals surface area contributed by atoms with E-state index in [1.54, 1.807) is 29.1 Å². The number of hydrogen-bond acceptors (Lipinski definition) is 3. The van der Waals surface area contributed by atoms with Gasteiger partial charge in [-0.25, -0.2) is 4.68 Å². The van der Waals surface area contributed by atoms with E-state index < -0.39 is 0 Å². The minimum atomic E-state index is -0.189. The fourth-order valence-electron chi connectivity index (χ4n) is 2.31. The van der Waals surface area contributed by atoms with Crippen LogP contribution in [0, 0.1) is 0 Å². The van der Waals surface area contributed by atoms with E-state index in [1.807, 2.05) is 12.1 Å². The number of aromatic nitrogens is 2. The summed E-state index contributed by atoms with van der Waals surface area (Å²) < 4.78 is 7.10. The summed E-state index contributed by atoms with van der Waals surface area (Å²) in [6.45, 7) is 1.31. The monoisotopic (exact) mass is 305 g/mol. The van der Waals surface area contributed by atoms with Gasteiger partial charge in [-0.1, -0.05) is 17.7 Å². The summed E-state index contributed by atoms with van der Waals surface area (Å²) in [6.07, 6.45) is 3.93. The van der Waals surface area contributed by atoms with Crippen molar-refractivity contribution in [3.8, 4) is 5.69 Å². The van der Waals surface area contributed by atoms with Crippen LogP contribution in [-0.2, 0) is 4.74 Å². The number of hydrogen-bond donors (Lipinski definition) is 1. The number of nitrogens with zero attached hydrogens (tertiary/aromatic N) is 2. The molecule has 5 nitrogen and oxygen atoms in total. The number of benzene rings is 1. The number of carbonyl (C=O) groups is 1. The van der Waals surface area contributed by atoms with Crippen LogP contribution < -0.4 is 5.32 Å². The van der Waals surface area contributed by atoms with Crippen molar-refractivity contribution in [3.05, 3.63) is 47.2 Å². The Morgan fingerprint density at radius 3 is 3.14 bits per heavy atom. The number of ether oxygens (including phenoxy) is 1. The molecule has 110 valence electrons. The van der Waals surface area contributed by atoms with Gasteiger partial charge >= 0.3 is 0 Å². The molecule has 2 aromatic rings. The predicted octanol–water partition coefficient (Wildman–Crippen LogP) is 2.43. The van der Waals surface area contributed by atoms with Crippen molar-refractivity contribution in [2.45, 2.75) is 18.9 Å². The van der Waals surface area contributed by atoms with Gasteiger partial charge in [0.1, 0.15) is 0 Å². The van der Waals surface area contributed by atoms with E-state index in [4.69, 9.17) is 16.3 Å². The maximum Gasteiger partial charge on any atom is 0.271 e. The average molecular weight is 306 g/mol. The summed E-state index contributed by atoms with van der Waals surface area (Å²) in [4.78, 5) is 12.0. The van der Waals surface area contributed by atoms with E-state index in [0.29, 0.717) is 17.3 Å². The first-order valence-corrected chi connectivity index (χ1v) is 7.31. The summed E-state index contributed by atoms with van der Waals surface area (Å²) in [5.74, 6) is -0.189. The predicted molar refractivity (Wildman–Crippen MR) is 79.9 cm³/mol. The third kappa shape index (κ3) is 3.43. The Bertz CT molecular complexity index is 635. The average Bonchev–Trinajstić information content (AvgIpc) is 3.16. The van der Waals surface area contributed by atoms with Crippen molar-refractivity contribution in [3.63, 3.8) is 0 Å². The molecule has 0 bridgehead atoms. The summed E-state index contributed by atoms with van der Waals surface area (Å²) in [7, 11) is 0. The molecule has 0 spiro atoms. The number of amides is 1. The molecule has 1 saturated heterocycles. The van der Waals surface area contributed by atoms with Crippen LogP contribution in [0.3, 0.4) is 0 Å². The lowest BCUT2D eigenvalue weighted by molar-refractivity contribution is 0.0853. The second-order valence-electron chi connectivity index (χ2n) is 4.97. The molecule has 1 aliphatic heterocycles. The number of nitrogens with one attached hydrogen (secondary N) is 1. The molecule has 1 aromatic heterocycles. The molecule has 1 N–H and O–H groups in total. The van der Waals surface area contributed by atoms with Gasteiger partial charge in [-0.3, -0.25) is 4.79 Å². The van der Waals surface area contributed by atoms with Gasteiger partial charge in [0.15, 0.2) is 5.69 Å². The summed E-state index contributed by atoms with van der Waals surface area (Å²) in [5.41, 5.74) is 1.20. The van der Waals surface area contributed by atoms with Crippen molar-refractivity contribution in [1.29, 1.82) is 0 Å². The van der Waals surface area contributed by atoms with Gasteiger partial charge in [0.2, 0.25) is 0 Å². The molecular weight excluding hydrogens is 290 g/mol. The van der Waals surface area contributed by atoms with Crippen molar-refractivity contribution in [2.75, 3.05) is 13.2 Å². The first-order valence-electron chi connectivity index (χ1n) is 6.94. The maximum absolute atomic E-state index is 12.0. The van der Waals surface area contributed by atoms with Gasteiger partial charge in [-0.15, -0.1) is 0 Å². The smallest absolute Gasteiger partial charge is 0.271 e. The van der Waals surface area contributed by atoms with Crippen LogP contribution in [0.15, 0.2) is 36.5 Å². The first-order chi connectivity index (χ1) is 10.2. The molecule has 0 saturated carbocycles. The third-order valence-electron chi connectivity index (χ3n) is 3.41. The van der Waals surface area contributed by atoms with Crippen molar-refractivity contribution in [2.24, 2.45) is 0 Å². The topological polar surface area (TPSA) is 56.1 Å². The van der Waals surface area contributed by atoms with Crippen molar-refractivity contribution < 1.29 is 9.53 Å². The zero-order valence-electron chi connectivity index (χ0n) is 11.5. The number of halogens is 1. The molecular formula is C15H16ClN3O2. The minimum absolute atomic E-state index is 0.129. The molecule has 6 heteroatoms. The lowest BCUT2D eigenvalue weighted by atomic mass is 10.2. The van der Waals surface area contributed by atoms with Crippen LogP contribution in [0.5, 0.6) is 0 Å². The Morgan fingerprint density at radius 1 is 1.48 bits per heavy atom. The normalized spacial score (nSPS) is 17.9. The molecule has 1 atom stereocenters. The molecule has 1 fully saturated rings. The SMILES string of the molecule is O=C(NCC1CCCO1)c1ccn(-c2cccc(Cl)c2)n1. The zero-order chi connectivity index (χ0) is 14.7. The number of carbonyl (C=O) groups excluding carboxylic acids is 1. The highest BCUT2D eigenvalue weighted by atomic mass is 35.5. The van der Waals surface area contributed by atoms with Crippen molar-refractivity contribution >= 4 is 17.5 Å². The molecule has 21 heavy (non-hydrogen) atoms. The Labute approximate surface area is 127 Å². The largest absolute Gasteiger partial charge is 0.376 e. The Kier molecular flexibility index (Phi) is 4.22. The molecule has 1 unspecified atom stereocenters. The molecule has 1 amide bonds. The molecule has 1 aliphatic rings. The van der Waals surface area contributed by atoms with E-state index in [0.717, 1.165) is 25.1 Å². The first kappa shape index (κ1) is 14.1. The van der Waals surface area contributed by atoms with Gasteiger partial charge in [0.25, 0.3) is 5.91 Å². The highest BCUT2D eigenvalue weighted by Gasteiger charge is 2.17. The van der Waals surface area contributed by atoms with E-state index in [-0.39, 0.29) is 12.0 Å². The van der Waals surface area contributed by atoms with E-state index >= 15 is 0 Å². The Balaban J connectivity index is 1.65. The van der Waals surface area contributed by atoms with Gasteiger partial charge in [0, 0.05) is 24.4 Å². The van der Waals surface area contributed by atoms with Crippen LogP contribution in [0.25, 0.3) is 5.69 Å². The van der Waals surface area contributed by atoms with Crippen LogP contribution in [0.4, 0.5) is 0 Å². The van der Waals surface area contributed by atoms with Crippen LogP contribution in [0.1, 0.15) is 23.3 Å². The summed E-state index contributed by atoms with van der Waals surface area (Å²) in [6, 6.07) is 9.00. The molecule has 0 radical (unpaired) electrons. The van der Waals surface area contributed by atoms with E-state index in [1.165, 1.54) is 0 Å². The Hall–Kier alpha value is -1.85. The van der Waals surface area contributed by atoms with Gasteiger partial charge in [0.05, 0.1) is 11.8 Å². The highest BCUT2D eigenvalue weighted by Crippen LogP contribution is 2.14. The maximum atomic E-state index is 12.0. The second-order valence-corrected chi connectivity index (χ2v) is 5.41. The molecule has 2 heterocycles. The summed E-state index contributed by atoms with van der Waals surface area (Å²) >= 11 is 5.95. The van der Waals surface area contributed by atoms with Crippen LogP contribution in [-0.4, -0.2) is 34.9 Å². The minimum Gasteiger partial charge on any atom is -0.376 e. The molecule has 3 rings (SSSR count). The highest BCUT2D eigenvalue weighted by molar-refractivity contribution is 6.30. The lowest BCUT2D eigenvalue weighted by Crippen LogP contribution is -2.32. The lowest BCUT2D eigenvalue weighted by Gasteiger charge is -2.09. The zero-order valence-corrected chi connectivity index (χ0v) is 12.2. The van der Waals surface area contributed by atoms with Gasteiger partial charge in [-0.05, 0) is 37.1 Å². The van der Waals surface area contributed by atoms with Crippen LogP contribution >= 0.6 is 11.6 Å². The van der Waals surface area contributed by atoms with Gasteiger partial charge in [-0.2, -0.15) is 5.10 Å². The fourth-order valence-corrected chi connectivity index (χ4v) is 2.49. The fraction of sp³-hybridized carbons (Fsp3) is 0.333. The molecule has 1 aromatic carbocycles. The van der Waals surface area contributed by atoms with Crippen LogP contribution in [0.2, 0.25) is 5.02 Å². The quantitative estimate of drug-likeness (QED) is 0.944. The summed E-state index contributed by atoms with van der Waals surface area (Å²) in [5, 5.41) is 7.75. The second kappa shape index (κ2) is 6.28. The standard InChI is InChI=1S/C15H16ClN3O2/c16-11-3-1-4-12(9-11)19-7-6-14(18-19)15(20)17-10-13-5-2-8-21-13/h1,3-4,6-7,9,13H,2,5,8,10H2,(H,17,20).